The molecule has 0 saturated carbocycles. The lowest BCUT2D eigenvalue weighted by atomic mass is 10.3. The van der Waals surface area contributed by atoms with Crippen molar-refractivity contribution in [2.75, 3.05) is 6.61 Å². The Balaban J connectivity index is 2.02. The molecule has 19 heavy (non-hydrogen) atoms. The second kappa shape index (κ2) is 6.75. The van der Waals surface area contributed by atoms with Gasteiger partial charge in [0.1, 0.15) is 11.5 Å². The third kappa shape index (κ3) is 3.96. The molecule has 0 bridgehead atoms. The van der Waals surface area contributed by atoms with Crippen molar-refractivity contribution in [3.05, 3.63) is 48.2 Å². The first kappa shape index (κ1) is 13.4. The standard InChI is InChI=1S/C15H17NO3/c1-2-10-18-13-6-8-14(9-7-13)19-15-5-3-4-12(11-17)16-15/h3-9,17H,2,10-11H2,1H3. The maximum Gasteiger partial charge on any atom is 0.219 e. The van der Waals surface area contributed by atoms with Crippen LogP contribution in [0.2, 0.25) is 0 Å². The summed E-state index contributed by atoms with van der Waals surface area (Å²) < 4.78 is 11.1. The average molecular weight is 259 g/mol. The van der Waals surface area contributed by atoms with E-state index in [2.05, 4.69) is 11.9 Å². The number of aliphatic hydroxyl groups excluding tert-OH is 1. The number of hydrogen-bond donors (Lipinski definition) is 1. The zero-order chi connectivity index (χ0) is 13.5. The van der Waals surface area contributed by atoms with Gasteiger partial charge in [-0.3, -0.25) is 0 Å². The van der Waals surface area contributed by atoms with Crippen LogP contribution in [0.5, 0.6) is 17.4 Å². The van der Waals surface area contributed by atoms with Gasteiger partial charge in [0.2, 0.25) is 5.88 Å². The molecular weight excluding hydrogens is 242 g/mol. The van der Waals surface area contributed by atoms with Gasteiger partial charge in [-0.25, -0.2) is 4.98 Å². The molecule has 0 aliphatic carbocycles. The normalized spacial score (nSPS) is 10.2. The first-order valence-electron chi connectivity index (χ1n) is 6.29. The summed E-state index contributed by atoms with van der Waals surface area (Å²) in [7, 11) is 0. The molecule has 0 aliphatic rings. The van der Waals surface area contributed by atoms with Crippen LogP contribution in [0.3, 0.4) is 0 Å². The molecule has 1 aromatic carbocycles. The van der Waals surface area contributed by atoms with Crippen LogP contribution in [-0.2, 0) is 6.61 Å². The van der Waals surface area contributed by atoms with E-state index in [1.54, 1.807) is 18.2 Å². The molecule has 100 valence electrons. The number of aromatic nitrogens is 1. The molecule has 4 nitrogen and oxygen atoms in total. The van der Waals surface area contributed by atoms with Crippen molar-refractivity contribution in [3.8, 4) is 17.4 Å². The zero-order valence-electron chi connectivity index (χ0n) is 10.9. The van der Waals surface area contributed by atoms with E-state index in [4.69, 9.17) is 14.6 Å². The molecule has 0 saturated heterocycles. The Morgan fingerprint density at radius 1 is 1.05 bits per heavy atom. The summed E-state index contributed by atoms with van der Waals surface area (Å²) in [5.41, 5.74) is 0.584. The predicted octanol–water partition coefficient (Wildman–Crippen LogP) is 3.16. The van der Waals surface area contributed by atoms with E-state index < -0.39 is 0 Å². The topological polar surface area (TPSA) is 51.6 Å². The number of aliphatic hydroxyl groups is 1. The Morgan fingerprint density at radius 3 is 2.47 bits per heavy atom. The minimum atomic E-state index is -0.0962. The van der Waals surface area contributed by atoms with Gasteiger partial charge in [0.15, 0.2) is 0 Å². The van der Waals surface area contributed by atoms with Crippen molar-refractivity contribution in [2.24, 2.45) is 0 Å². The number of ether oxygens (including phenoxy) is 2. The van der Waals surface area contributed by atoms with Crippen molar-refractivity contribution in [3.63, 3.8) is 0 Å². The molecule has 1 heterocycles. The van der Waals surface area contributed by atoms with E-state index in [0.29, 0.717) is 23.9 Å². The third-order valence-corrected chi connectivity index (χ3v) is 2.46. The lowest BCUT2D eigenvalue weighted by Crippen LogP contribution is -1.95. The number of pyridine rings is 1. The van der Waals surface area contributed by atoms with Crippen molar-refractivity contribution >= 4 is 0 Å². The van der Waals surface area contributed by atoms with Crippen LogP contribution in [0.25, 0.3) is 0 Å². The average Bonchev–Trinajstić information content (AvgIpc) is 2.47. The molecule has 0 amide bonds. The van der Waals surface area contributed by atoms with Gasteiger partial charge in [0, 0.05) is 6.07 Å². The van der Waals surface area contributed by atoms with Gasteiger partial charge in [-0.2, -0.15) is 0 Å². The van der Waals surface area contributed by atoms with E-state index in [0.717, 1.165) is 12.2 Å². The van der Waals surface area contributed by atoms with Gasteiger partial charge < -0.3 is 14.6 Å². The summed E-state index contributed by atoms with van der Waals surface area (Å²) in [5.74, 6) is 1.98. The van der Waals surface area contributed by atoms with Crippen LogP contribution in [-0.4, -0.2) is 16.7 Å². The molecule has 0 fully saturated rings. The summed E-state index contributed by atoms with van der Waals surface area (Å²) in [6.07, 6.45) is 0.982. The quantitative estimate of drug-likeness (QED) is 0.865. The highest BCUT2D eigenvalue weighted by molar-refractivity contribution is 5.33. The Kier molecular flexibility index (Phi) is 4.75. The largest absolute Gasteiger partial charge is 0.494 e. The molecule has 0 radical (unpaired) electrons. The summed E-state index contributed by atoms with van der Waals surface area (Å²) >= 11 is 0. The lowest BCUT2D eigenvalue weighted by Gasteiger charge is -2.07. The Labute approximate surface area is 112 Å². The first-order valence-corrected chi connectivity index (χ1v) is 6.29. The first-order chi connectivity index (χ1) is 9.31. The van der Waals surface area contributed by atoms with Gasteiger partial charge in [-0.15, -0.1) is 0 Å². The van der Waals surface area contributed by atoms with Crippen molar-refractivity contribution in [1.82, 2.24) is 4.98 Å². The fourth-order valence-electron chi connectivity index (χ4n) is 1.55. The molecule has 0 atom stereocenters. The Morgan fingerprint density at radius 2 is 1.79 bits per heavy atom. The van der Waals surface area contributed by atoms with Crippen molar-refractivity contribution < 1.29 is 14.6 Å². The van der Waals surface area contributed by atoms with Gasteiger partial charge in [-0.1, -0.05) is 13.0 Å². The SMILES string of the molecule is CCCOc1ccc(Oc2cccc(CO)n2)cc1. The second-order valence-corrected chi connectivity index (χ2v) is 4.05. The minimum Gasteiger partial charge on any atom is -0.494 e. The summed E-state index contributed by atoms with van der Waals surface area (Å²) in [6.45, 7) is 2.68. The van der Waals surface area contributed by atoms with Gasteiger partial charge in [-0.05, 0) is 36.8 Å². The Bertz CT molecular complexity index is 511. The van der Waals surface area contributed by atoms with Crippen LogP contribution in [0.4, 0.5) is 0 Å². The number of benzene rings is 1. The summed E-state index contributed by atoms with van der Waals surface area (Å²) in [4.78, 5) is 4.16. The third-order valence-electron chi connectivity index (χ3n) is 2.46. The fraction of sp³-hybridized carbons (Fsp3) is 0.267. The smallest absolute Gasteiger partial charge is 0.219 e. The summed E-state index contributed by atoms with van der Waals surface area (Å²) in [6, 6.07) is 12.7. The Hall–Kier alpha value is -2.07. The molecule has 2 rings (SSSR count). The number of hydrogen-bond acceptors (Lipinski definition) is 4. The van der Waals surface area contributed by atoms with Crippen LogP contribution in [0.15, 0.2) is 42.5 Å². The molecule has 1 N–H and O–H groups in total. The second-order valence-electron chi connectivity index (χ2n) is 4.05. The van der Waals surface area contributed by atoms with Crippen molar-refractivity contribution in [1.29, 1.82) is 0 Å². The maximum absolute atomic E-state index is 9.01. The maximum atomic E-state index is 9.01. The van der Waals surface area contributed by atoms with Crippen LogP contribution in [0, 0.1) is 0 Å². The zero-order valence-corrected chi connectivity index (χ0v) is 10.9. The number of rotatable bonds is 6. The molecular formula is C15H17NO3. The minimum absolute atomic E-state index is 0.0962. The van der Waals surface area contributed by atoms with E-state index in [9.17, 15) is 0 Å². The van der Waals surface area contributed by atoms with Gasteiger partial charge >= 0.3 is 0 Å². The highest BCUT2D eigenvalue weighted by Crippen LogP contribution is 2.22. The van der Waals surface area contributed by atoms with Crippen LogP contribution < -0.4 is 9.47 Å². The lowest BCUT2D eigenvalue weighted by molar-refractivity contribution is 0.275. The summed E-state index contributed by atoms with van der Waals surface area (Å²) in [5, 5.41) is 9.01. The van der Waals surface area contributed by atoms with Crippen molar-refractivity contribution in [2.45, 2.75) is 20.0 Å². The van der Waals surface area contributed by atoms with Gasteiger partial charge in [0.25, 0.3) is 0 Å². The molecule has 2 aromatic rings. The molecule has 4 heteroatoms. The van der Waals surface area contributed by atoms with E-state index in [-0.39, 0.29) is 6.61 Å². The highest BCUT2D eigenvalue weighted by Gasteiger charge is 2.01. The van der Waals surface area contributed by atoms with E-state index in [1.807, 2.05) is 24.3 Å². The van der Waals surface area contributed by atoms with E-state index in [1.165, 1.54) is 0 Å². The highest BCUT2D eigenvalue weighted by atomic mass is 16.5. The molecule has 0 aliphatic heterocycles. The van der Waals surface area contributed by atoms with Gasteiger partial charge in [0.05, 0.1) is 18.9 Å². The molecule has 0 unspecified atom stereocenters. The van der Waals surface area contributed by atoms with Crippen LogP contribution >= 0.6 is 0 Å². The molecule has 1 aromatic heterocycles. The monoisotopic (exact) mass is 259 g/mol. The van der Waals surface area contributed by atoms with Crippen LogP contribution in [0.1, 0.15) is 19.0 Å². The fourth-order valence-corrected chi connectivity index (χ4v) is 1.55. The van der Waals surface area contributed by atoms with E-state index >= 15 is 0 Å². The number of nitrogens with zero attached hydrogens (tertiary/aromatic N) is 1. The predicted molar refractivity (Wildman–Crippen MR) is 72.5 cm³/mol. The molecule has 0 spiro atoms.